The van der Waals surface area contributed by atoms with E-state index in [-0.39, 0.29) is 17.5 Å². The molecule has 19 heavy (non-hydrogen) atoms. The predicted molar refractivity (Wildman–Crippen MR) is 67.8 cm³/mol. The summed E-state index contributed by atoms with van der Waals surface area (Å²) >= 11 is 0. The Balaban J connectivity index is 2.19. The van der Waals surface area contributed by atoms with Crippen LogP contribution < -0.4 is 0 Å². The average Bonchev–Trinajstić information content (AvgIpc) is 2.46. The Kier molecular flexibility index (Phi) is 2.62. The zero-order chi connectivity index (χ0) is 13.6. The van der Waals surface area contributed by atoms with Crippen LogP contribution in [0.3, 0.4) is 0 Å². The van der Waals surface area contributed by atoms with Crippen LogP contribution in [0.1, 0.15) is 49.7 Å². The Labute approximate surface area is 111 Å². The van der Waals surface area contributed by atoms with Crippen LogP contribution in [0.15, 0.2) is 18.2 Å². The fourth-order valence-corrected chi connectivity index (χ4v) is 3.49. The SMILES string of the molecule is CC(=O)OC12C(=O)CCCCC1c1cccc(O)c12. The third-order valence-electron chi connectivity index (χ3n) is 4.18. The standard InChI is InChI=1S/C15H16O4/c1-9(16)19-15-11(6-2-3-8-13(15)18)10-5-4-7-12(17)14(10)15/h4-5,7,11,17H,2-3,6,8H2,1H3. The van der Waals surface area contributed by atoms with E-state index in [9.17, 15) is 14.7 Å². The molecule has 2 aliphatic rings. The van der Waals surface area contributed by atoms with Crippen molar-refractivity contribution in [2.24, 2.45) is 0 Å². The fourth-order valence-electron chi connectivity index (χ4n) is 3.49. The van der Waals surface area contributed by atoms with Crippen molar-refractivity contribution >= 4 is 11.8 Å². The minimum atomic E-state index is -1.23. The van der Waals surface area contributed by atoms with E-state index in [1.54, 1.807) is 12.1 Å². The van der Waals surface area contributed by atoms with Gasteiger partial charge in [-0.2, -0.15) is 0 Å². The normalized spacial score (nSPS) is 28.7. The maximum atomic E-state index is 12.5. The molecule has 4 nitrogen and oxygen atoms in total. The summed E-state index contributed by atoms with van der Waals surface area (Å²) < 4.78 is 5.43. The highest BCUT2D eigenvalue weighted by Gasteiger charge is 2.61. The molecule has 0 saturated heterocycles. The number of hydrogen-bond acceptors (Lipinski definition) is 4. The molecule has 1 aromatic carbocycles. The van der Waals surface area contributed by atoms with Gasteiger partial charge in [0.15, 0.2) is 5.78 Å². The molecule has 2 unspecified atom stereocenters. The molecule has 1 N–H and O–H groups in total. The van der Waals surface area contributed by atoms with E-state index in [2.05, 4.69) is 0 Å². The Bertz CT molecular complexity index is 563. The number of rotatable bonds is 1. The number of ether oxygens (including phenoxy) is 1. The van der Waals surface area contributed by atoms with Crippen molar-refractivity contribution in [1.82, 2.24) is 0 Å². The molecule has 1 aromatic rings. The average molecular weight is 260 g/mol. The number of carbonyl (C=O) groups is 2. The molecule has 0 heterocycles. The second-order valence-corrected chi connectivity index (χ2v) is 5.29. The van der Waals surface area contributed by atoms with Gasteiger partial charge in [-0.3, -0.25) is 9.59 Å². The van der Waals surface area contributed by atoms with Crippen LogP contribution in [-0.4, -0.2) is 16.9 Å². The van der Waals surface area contributed by atoms with Gasteiger partial charge in [0, 0.05) is 24.8 Å². The van der Waals surface area contributed by atoms with Crippen molar-refractivity contribution < 1.29 is 19.4 Å². The molecule has 2 atom stereocenters. The number of phenolic OH excluding ortho intramolecular Hbond substituents is 1. The zero-order valence-electron chi connectivity index (χ0n) is 10.8. The summed E-state index contributed by atoms with van der Waals surface area (Å²) in [5, 5.41) is 10.0. The van der Waals surface area contributed by atoms with Crippen LogP contribution >= 0.6 is 0 Å². The van der Waals surface area contributed by atoms with Gasteiger partial charge in [-0.05, 0) is 24.5 Å². The fraction of sp³-hybridized carbons (Fsp3) is 0.467. The number of carbonyl (C=O) groups excluding carboxylic acids is 2. The largest absolute Gasteiger partial charge is 0.507 e. The Morgan fingerprint density at radius 1 is 1.42 bits per heavy atom. The van der Waals surface area contributed by atoms with Crippen LogP contribution in [0.2, 0.25) is 0 Å². The lowest BCUT2D eigenvalue weighted by atomic mass is 9.61. The van der Waals surface area contributed by atoms with Crippen molar-refractivity contribution in [1.29, 1.82) is 0 Å². The van der Waals surface area contributed by atoms with Gasteiger partial charge >= 0.3 is 5.97 Å². The van der Waals surface area contributed by atoms with Crippen molar-refractivity contribution in [3.8, 4) is 5.75 Å². The molecule has 0 amide bonds. The maximum absolute atomic E-state index is 12.5. The van der Waals surface area contributed by atoms with Gasteiger partial charge < -0.3 is 9.84 Å². The molecule has 0 aliphatic heterocycles. The molecule has 100 valence electrons. The van der Waals surface area contributed by atoms with Crippen LogP contribution in [-0.2, 0) is 19.9 Å². The van der Waals surface area contributed by atoms with Crippen molar-refractivity contribution in [3.05, 3.63) is 29.3 Å². The number of aromatic hydroxyl groups is 1. The highest BCUT2D eigenvalue weighted by molar-refractivity contribution is 5.96. The molecular formula is C15H16O4. The molecule has 2 aliphatic carbocycles. The predicted octanol–water partition coefficient (Wildman–Crippen LogP) is 2.39. The van der Waals surface area contributed by atoms with Gasteiger partial charge in [-0.15, -0.1) is 0 Å². The maximum Gasteiger partial charge on any atom is 0.303 e. The first-order valence-corrected chi connectivity index (χ1v) is 6.62. The van der Waals surface area contributed by atoms with E-state index in [0.29, 0.717) is 12.0 Å². The van der Waals surface area contributed by atoms with Crippen LogP contribution in [0, 0.1) is 0 Å². The van der Waals surface area contributed by atoms with Gasteiger partial charge in [-0.1, -0.05) is 18.6 Å². The van der Waals surface area contributed by atoms with E-state index in [4.69, 9.17) is 4.74 Å². The lowest BCUT2D eigenvalue weighted by molar-refractivity contribution is -0.174. The van der Waals surface area contributed by atoms with Crippen molar-refractivity contribution in [3.63, 3.8) is 0 Å². The first kappa shape index (κ1) is 12.2. The number of benzene rings is 1. The minimum Gasteiger partial charge on any atom is -0.507 e. The summed E-state index contributed by atoms with van der Waals surface area (Å²) in [6.07, 6.45) is 2.97. The Morgan fingerprint density at radius 3 is 2.95 bits per heavy atom. The molecule has 3 rings (SSSR count). The summed E-state index contributed by atoms with van der Waals surface area (Å²) in [7, 11) is 0. The van der Waals surface area contributed by atoms with Crippen LogP contribution in [0.5, 0.6) is 5.75 Å². The highest BCUT2D eigenvalue weighted by atomic mass is 16.6. The first-order valence-electron chi connectivity index (χ1n) is 6.62. The third-order valence-corrected chi connectivity index (χ3v) is 4.18. The summed E-state index contributed by atoms with van der Waals surface area (Å²) in [6.45, 7) is 1.31. The smallest absolute Gasteiger partial charge is 0.303 e. The van der Waals surface area contributed by atoms with E-state index in [1.165, 1.54) is 6.92 Å². The molecule has 1 saturated carbocycles. The van der Waals surface area contributed by atoms with E-state index < -0.39 is 11.6 Å². The van der Waals surface area contributed by atoms with Gasteiger partial charge in [0.05, 0.1) is 0 Å². The van der Waals surface area contributed by atoms with Crippen molar-refractivity contribution in [2.45, 2.75) is 44.1 Å². The third kappa shape index (κ3) is 1.52. The molecule has 1 fully saturated rings. The second-order valence-electron chi connectivity index (χ2n) is 5.29. The minimum absolute atomic E-state index is 0.0465. The van der Waals surface area contributed by atoms with Crippen molar-refractivity contribution in [2.75, 3.05) is 0 Å². The number of ketones is 1. The molecule has 0 spiro atoms. The van der Waals surface area contributed by atoms with Gasteiger partial charge in [0.25, 0.3) is 0 Å². The van der Waals surface area contributed by atoms with E-state index in [0.717, 1.165) is 24.8 Å². The Morgan fingerprint density at radius 2 is 2.21 bits per heavy atom. The monoisotopic (exact) mass is 260 g/mol. The molecule has 0 radical (unpaired) electrons. The van der Waals surface area contributed by atoms with Crippen LogP contribution in [0.25, 0.3) is 0 Å². The molecule has 0 bridgehead atoms. The Hall–Kier alpha value is -1.84. The number of fused-ring (bicyclic) bond motifs is 4. The number of phenols is 1. The van der Waals surface area contributed by atoms with E-state index >= 15 is 0 Å². The van der Waals surface area contributed by atoms with Crippen LogP contribution in [0.4, 0.5) is 0 Å². The van der Waals surface area contributed by atoms with Gasteiger partial charge in [0.1, 0.15) is 5.75 Å². The number of hydrogen-bond donors (Lipinski definition) is 1. The molecular weight excluding hydrogens is 244 g/mol. The van der Waals surface area contributed by atoms with E-state index in [1.807, 2.05) is 6.07 Å². The summed E-state index contributed by atoms with van der Waals surface area (Å²) in [5.41, 5.74) is 0.210. The molecule has 4 heteroatoms. The number of Topliss-reactive ketones (excluding diaryl/α,β-unsaturated/α-hetero) is 1. The topological polar surface area (TPSA) is 63.6 Å². The second kappa shape index (κ2) is 4.08. The summed E-state index contributed by atoms with van der Waals surface area (Å²) in [4.78, 5) is 23.9. The first-order chi connectivity index (χ1) is 9.07. The number of esters is 1. The van der Waals surface area contributed by atoms with Gasteiger partial charge in [-0.25, -0.2) is 0 Å². The quantitative estimate of drug-likeness (QED) is 0.787. The molecule has 0 aromatic heterocycles. The lowest BCUT2D eigenvalue weighted by Crippen LogP contribution is -2.52. The lowest BCUT2D eigenvalue weighted by Gasteiger charge is -2.48. The highest BCUT2D eigenvalue weighted by Crippen LogP contribution is 2.60. The summed E-state index contributed by atoms with van der Waals surface area (Å²) in [6, 6.07) is 5.21. The zero-order valence-corrected chi connectivity index (χ0v) is 10.8. The van der Waals surface area contributed by atoms with Gasteiger partial charge in [0.2, 0.25) is 5.60 Å². The summed E-state index contributed by atoms with van der Waals surface area (Å²) in [5.74, 6) is -0.618.